The SMILES string of the molecule is COc1c(Cl)ncnc1NCCC(C)c1ccccc1. The van der Waals surface area contributed by atoms with Crippen molar-refractivity contribution in [1.82, 2.24) is 9.97 Å². The van der Waals surface area contributed by atoms with Gasteiger partial charge in [-0.25, -0.2) is 9.97 Å². The summed E-state index contributed by atoms with van der Waals surface area (Å²) in [6.45, 7) is 3.00. The van der Waals surface area contributed by atoms with Crippen molar-refractivity contribution in [3.05, 3.63) is 47.4 Å². The lowest BCUT2D eigenvalue weighted by Crippen LogP contribution is -2.08. The first-order valence-corrected chi connectivity index (χ1v) is 6.93. The summed E-state index contributed by atoms with van der Waals surface area (Å²) in [7, 11) is 1.56. The summed E-state index contributed by atoms with van der Waals surface area (Å²) in [6.07, 6.45) is 2.42. The van der Waals surface area contributed by atoms with Gasteiger partial charge >= 0.3 is 0 Å². The van der Waals surface area contributed by atoms with Crippen LogP contribution in [-0.2, 0) is 0 Å². The molecule has 106 valence electrons. The van der Waals surface area contributed by atoms with E-state index in [0.29, 0.717) is 22.6 Å². The minimum atomic E-state index is 0.320. The van der Waals surface area contributed by atoms with Crippen LogP contribution in [0.15, 0.2) is 36.7 Å². The highest BCUT2D eigenvalue weighted by molar-refractivity contribution is 6.31. The number of aromatic nitrogens is 2. The molecule has 1 unspecified atom stereocenters. The second-order valence-electron chi connectivity index (χ2n) is 4.57. The summed E-state index contributed by atoms with van der Waals surface area (Å²) in [4.78, 5) is 8.04. The van der Waals surface area contributed by atoms with E-state index >= 15 is 0 Å². The maximum atomic E-state index is 5.95. The van der Waals surface area contributed by atoms with Gasteiger partial charge in [0.05, 0.1) is 7.11 Å². The molecule has 0 aliphatic carbocycles. The van der Waals surface area contributed by atoms with Gasteiger partial charge in [-0.3, -0.25) is 0 Å². The molecule has 1 atom stereocenters. The van der Waals surface area contributed by atoms with Crippen LogP contribution in [0.4, 0.5) is 5.82 Å². The van der Waals surface area contributed by atoms with Gasteiger partial charge in [-0.2, -0.15) is 0 Å². The average Bonchev–Trinajstić information content (AvgIpc) is 2.48. The highest BCUT2D eigenvalue weighted by atomic mass is 35.5. The van der Waals surface area contributed by atoms with Crippen LogP contribution in [0.5, 0.6) is 5.75 Å². The summed E-state index contributed by atoms with van der Waals surface area (Å²) >= 11 is 5.95. The number of nitrogens with one attached hydrogen (secondary N) is 1. The predicted molar refractivity (Wildman–Crippen MR) is 81.6 cm³/mol. The Morgan fingerprint density at radius 3 is 2.70 bits per heavy atom. The van der Waals surface area contributed by atoms with E-state index in [1.165, 1.54) is 11.9 Å². The number of benzene rings is 1. The maximum absolute atomic E-state index is 5.95. The molecule has 4 nitrogen and oxygen atoms in total. The highest BCUT2D eigenvalue weighted by Crippen LogP contribution is 2.28. The van der Waals surface area contributed by atoms with Crippen LogP contribution >= 0.6 is 11.6 Å². The molecule has 0 radical (unpaired) electrons. The number of rotatable bonds is 6. The Balaban J connectivity index is 1.92. The van der Waals surface area contributed by atoms with E-state index in [2.05, 4.69) is 46.5 Å². The molecular weight excluding hydrogens is 274 g/mol. The van der Waals surface area contributed by atoms with Gasteiger partial charge < -0.3 is 10.1 Å². The van der Waals surface area contributed by atoms with E-state index in [9.17, 15) is 0 Å². The van der Waals surface area contributed by atoms with Crippen LogP contribution in [0.3, 0.4) is 0 Å². The second-order valence-corrected chi connectivity index (χ2v) is 4.93. The summed E-state index contributed by atoms with van der Waals surface area (Å²) in [5, 5.41) is 3.57. The van der Waals surface area contributed by atoms with E-state index in [1.54, 1.807) is 7.11 Å². The molecule has 2 rings (SSSR count). The van der Waals surface area contributed by atoms with Gasteiger partial charge in [-0.1, -0.05) is 48.9 Å². The molecule has 0 aliphatic rings. The Hall–Kier alpha value is -1.81. The molecule has 0 amide bonds. The Bertz CT molecular complexity index is 548. The van der Waals surface area contributed by atoms with E-state index in [0.717, 1.165) is 13.0 Å². The molecule has 0 saturated carbocycles. The standard InChI is InChI=1S/C15H18ClN3O/c1-11(12-6-4-3-5-7-12)8-9-17-15-13(20-2)14(16)18-10-19-15/h3-7,10-11H,8-9H2,1-2H3,(H,17,18,19). The fraction of sp³-hybridized carbons (Fsp3) is 0.333. The molecule has 0 bridgehead atoms. The molecule has 20 heavy (non-hydrogen) atoms. The van der Waals surface area contributed by atoms with Crippen molar-refractivity contribution in [2.45, 2.75) is 19.3 Å². The van der Waals surface area contributed by atoms with Crippen molar-refractivity contribution in [3.63, 3.8) is 0 Å². The van der Waals surface area contributed by atoms with E-state index < -0.39 is 0 Å². The Morgan fingerprint density at radius 2 is 2.00 bits per heavy atom. The van der Waals surface area contributed by atoms with Crippen LogP contribution in [0.2, 0.25) is 5.15 Å². The molecule has 1 heterocycles. The first-order chi connectivity index (χ1) is 9.72. The minimum Gasteiger partial charge on any atom is -0.490 e. The zero-order valence-corrected chi connectivity index (χ0v) is 12.4. The van der Waals surface area contributed by atoms with Crippen molar-refractivity contribution in [3.8, 4) is 5.75 Å². The lowest BCUT2D eigenvalue weighted by Gasteiger charge is -2.14. The van der Waals surface area contributed by atoms with E-state index in [1.807, 2.05) is 6.07 Å². The van der Waals surface area contributed by atoms with Gasteiger partial charge in [0.15, 0.2) is 16.7 Å². The van der Waals surface area contributed by atoms with Gasteiger partial charge in [0.25, 0.3) is 0 Å². The molecule has 1 aromatic heterocycles. The number of hydrogen-bond donors (Lipinski definition) is 1. The third-order valence-corrected chi connectivity index (χ3v) is 3.47. The second kappa shape index (κ2) is 7.10. The van der Waals surface area contributed by atoms with Gasteiger partial charge in [0, 0.05) is 6.54 Å². The zero-order valence-electron chi connectivity index (χ0n) is 11.6. The smallest absolute Gasteiger partial charge is 0.198 e. The summed E-state index contributed by atoms with van der Waals surface area (Å²) in [5.41, 5.74) is 1.34. The van der Waals surface area contributed by atoms with Crippen LogP contribution in [0.1, 0.15) is 24.8 Å². The zero-order chi connectivity index (χ0) is 14.4. The number of methoxy groups -OCH3 is 1. The lowest BCUT2D eigenvalue weighted by atomic mass is 9.98. The van der Waals surface area contributed by atoms with E-state index in [-0.39, 0.29) is 0 Å². The van der Waals surface area contributed by atoms with Crippen molar-refractivity contribution in [2.24, 2.45) is 0 Å². The largest absolute Gasteiger partial charge is 0.490 e. The lowest BCUT2D eigenvalue weighted by molar-refractivity contribution is 0.413. The third kappa shape index (κ3) is 3.61. The minimum absolute atomic E-state index is 0.320. The van der Waals surface area contributed by atoms with Crippen molar-refractivity contribution in [1.29, 1.82) is 0 Å². The Kier molecular flexibility index (Phi) is 5.18. The average molecular weight is 292 g/mol. The molecule has 1 aromatic carbocycles. The number of anilines is 1. The van der Waals surface area contributed by atoms with Gasteiger partial charge in [0.2, 0.25) is 0 Å². The molecule has 5 heteroatoms. The quantitative estimate of drug-likeness (QED) is 0.824. The van der Waals surface area contributed by atoms with E-state index in [4.69, 9.17) is 16.3 Å². The number of halogens is 1. The summed E-state index contributed by atoms with van der Waals surface area (Å²) in [6, 6.07) is 10.4. The first kappa shape index (κ1) is 14.6. The fourth-order valence-corrected chi connectivity index (χ4v) is 2.22. The normalized spacial score (nSPS) is 11.9. The Labute approximate surface area is 124 Å². The third-order valence-electron chi connectivity index (χ3n) is 3.20. The maximum Gasteiger partial charge on any atom is 0.198 e. The van der Waals surface area contributed by atoms with Crippen LogP contribution in [0.25, 0.3) is 0 Å². The molecule has 0 fully saturated rings. The topological polar surface area (TPSA) is 47.0 Å². The predicted octanol–water partition coefficient (Wildman–Crippen LogP) is 3.74. The summed E-state index contributed by atoms with van der Waals surface area (Å²) in [5.74, 6) is 1.60. The molecule has 2 aromatic rings. The van der Waals surface area contributed by atoms with Crippen molar-refractivity contribution in [2.75, 3.05) is 19.0 Å². The van der Waals surface area contributed by atoms with Gasteiger partial charge in [0.1, 0.15) is 6.33 Å². The number of nitrogens with zero attached hydrogens (tertiary/aromatic N) is 2. The van der Waals surface area contributed by atoms with Crippen molar-refractivity contribution < 1.29 is 4.74 Å². The van der Waals surface area contributed by atoms with Gasteiger partial charge in [-0.05, 0) is 17.9 Å². The summed E-state index contributed by atoms with van der Waals surface area (Å²) < 4.78 is 5.20. The molecule has 1 N–H and O–H groups in total. The first-order valence-electron chi connectivity index (χ1n) is 6.55. The fourth-order valence-electron chi connectivity index (χ4n) is 2.01. The monoisotopic (exact) mass is 291 g/mol. The molecule has 0 aliphatic heterocycles. The molecule has 0 spiro atoms. The van der Waals surface area contributed by atoms with Gasteiger partial charge in [-0.15, -0.1) is 0 Å². The molecule has 0 saturated heterocycles. The van der Waals surface area contributed by atoms with Crippen LogP contribution in [0, 0.1) is 0 Å². The molecular formula is C15H18ClN3O. The van der Waals surface area contributed by atoms with Crippen LogP contribution < -0.4 is 10.1 Å². The number of hydrogen-bond acceptors (Lipinski definition) is 4. The van der Waals surface area contributed by atoms with Crippen LogP contribution in [-0.4, -0.2) is 23.6 Å². The number of ether oxygens (including phenoxy) is 1. The highest BCUT2D eigenvalue weighted by Gasteiger charge is 2.10. The van der Waals surface area contributed by atoms with Crippen molar-refractivity contribution >= 4 is 17.4 Å². The Morgan fingerprint density at radius 1 is 1.25 bits per heavy atom.